The second-order valence-electron chi connectivity index (χ2n) is 3.76. The molecule has 2 nitrogen and oxygen atoms in total. The molecular formula is C13H7F4NO. The minimum Gasteiger partial charge on any atom is -0.289 e. The molecule has 0 amide bonds. The second kappa shape index (κ2) is 4.79. The Morgan fingerprint density at radius 2 is 1.84 bits per heavy atom. The zero-order valence-electron chi connectivity index (χ0n) is 9.41. The third-order valence-corrected chi connectivity index (χ3v) is 2.46. The quantitative estimate of drug-likeness (QED) is 0.617. The smallest absolute Gasteiger partial charge is 0.289 e. The molecule has 0 fully saturated rings. The second-order valence-corrected chi connectivity index (χ2v) is 3.76. The lowest BCUT2D eigenvalue weighted by Gasteiger charge is -2.08. The van der Waals surface area contributed by atoms with E-state index in [0.29, 0.717) is 12.1 Å². The highest BCUT2D eigenvalue weighted by molar-refractivity contribution is 6.08. The Morgan fingerprint density at radius 1 is 1.11 bits per heavy atom. The van der Waals surface area contributed by atoms with Gasteiger partial charge in [0.1, 0.15) is 5.82 Å². The van der Waals surface area contributed by atoms with Gasteiger partial charge in [-0.3, -0.25) is 9.78 Å². The van der Waals surface area contributed by atoms with Crippen LogP contribution in [0.3, 0.4) is 0 Å². The lowest BCUT2D eigenvalue weighted by atomic mass is 10.0. The Balaban J connectivity index is 2.38. The van der Waals surface area contributed by atoms with Gasteiger partial charge in [0.25, 0.3) is 0 Å². The zero-order chi connectivity index (χ0) is 14.0. The van der Waals surface area contributed by atoms with Crippen molar-refractivity contribution in [1.29, 1.82) is 0 Å². The predicted octanol–water partition coefficient (Wildman–Crippen LogP) is 3.47. The Bertz CT molecular complexity index is 608. The fourth-order valence-electron chi connectivity index (χ4n) is 1.55. The summed E-state index contributed by atoms with van der Waals surface area (Å²) in [6, 6.07) is 5.04. The Hall–Kier alpha value is -2.24. The van der Waals surface area contributed by atoms with Gasteiger partial charge in [0.05, 0.1) is 5.56 Å². The van der Waals surface area contributed by atoms with E-state index in [-0.39, 0.29) is 11.1 Å². The summed E-state index contributed by atoms with van der Waals surface area (Å²) < 4.78 is 50.4. The molecule has 1 heterocycles. The number of halogens is 4. The minimum atomic E-state index is -4.78. The van der Waals surface area contributed by atoms with Crippen LogP contribution in [0, 0.1) is 5.82 Å². The van der Waals surface area contributed by atoms with Crippen molar-refractivity contribution in [3.8, 4) is 0 Å². The van der Waals surface area contributed by atoms with E-state index in [1.165, 1.54) is 24.5 Å². The summed E-state index contributed by atoms with van der Waals surface area (Å²) in [5.41, 5.74) is -1.37. The fourth-order valence-corrected chi connectivity index (χ4v) is 1.55. The third-order valence-electron chi connectivity index (χ3n) is 2.46. The molecule has 0 radical (unpaired) electrons. The van der Waals surface area contributed by atoms with E-state index in [0.717, 1.165) is 6.07 Å². The number of pyridine rings is 1. The molecule has 1 aromatic carbocycles. The number of ketones is 1. The van der Waals surface area contributed by atoms with Crippen molar-refractivity contribution in [3.05, 3.63) is 65.2 Å². The summed E-state index contributed by atoms with van der Waals surface area (Å²) in [4.78, 5) is 15.6. The van der Waals surface area contributed by atoms with Gasteiger partial charge in [0.15, 0.2) is 5.78 Å². The molecule has 0 saturated carbocycles. The van der Waals surface area contributed by atoms with E-state index in [1.54, 1.807) is 0 Å². The number of aromatic nitrogens is 1. The third kappa shape index (κ3) is 2.78. The van der Waals surface area contributed by atoms with Gasteiger partial charge in [0, 0.05) is 23.5 Å². The van der Waals surface area contributed by atoms with Crippen LogP contribution < -0.4 is 0 Å². The highest BCUT2D eigenvalue weighted by Gasteiger charge is 2.34. The first-order valence-electron chi connectivity index (χ1n) is 5.21. The molecule has 1 aromatic heterocycles. The maximum atomic E-state index is 13.3. The summed E-state index contributed by atoms with van der Waals surface area (Å²) in [6.07, 6.45) is -2.07. The van der Waals surface area contributed by atoms with Crippen molar-refractivity contribution in [2.75, 3.05) is 0 Å². The number of nitrogens with zero attached hydrogens (tertiary/aromatic N) is 1. The van der Waals surface area contributed by atoms with E-state index >= 15 is 0 Å². The standard InChI is InChI=1S/C13H7F4NO/c14-11-6-8(3-4-10(11)13(15,16)17)12(19)9-2-1-5-18-7-9/h1-7H. The first-order valence-corrected chi connectivity index (χ1v) is 5.21. The van der Waals surface area contributed by atoms with Crippen LogP contribution in [0.1, 0.15) is 21.5 Å². The molecule has 0 spiro atoms. The molecule has 0 N–H and O–H groups in total. The predicted molar refractivity (Wildman–Crippen MR) is 59.1 cm³/mol. The number of rotatable bonds is 2. The average Bonchev–Trinajstić information content (AvgIpc) is 2.37. The topological polar surface area (TPSA) is 30.0 Å². The fraction of sp³-hybridized carbons (Fsp3) is 0.0769. The maximum absolute atomic E-state index is 13.3. The number of alkyl halides is 3. The molecule has 0 aliphatic rings. The maximum Gasteiger partial charge on any atom is 0.419 e. The molecule has 0 bridgehead atoms. The highest BCUT2D eigenvalue weighted by Crippen LogP contribution is 2.31. The molecule has 2 aromatic rings. The normalized spacial score (nSPS) is 11.4. The lowest BCUT2D eigenvalue weighted by Crippen LogP contribution is -2.10. The molecule has 6 heteroatoms. The summed E-state index contributed by atoms with van der Waals surface area (Å²) in [5.74, 6) is -2.05. The van der Waals surface area contributed by atoms with Crippen LogP contribution in [0.15, 0.2) is 42.7 Å². The summed E-state index contributed by atoms with van der Waals surface area (Å²) in [6.45, 7) is 0. The van der Waals surface area contributed by atoms with Crippen molar-refractivity contribution >= 4 is 5.78 Å². The summed E-state index contributed by atoms with van der Waals surface area (Å²) in [5, 5.41) is 0. The SMILES string of the molecule is O=C(c1cccnc1)c1ccc(C(F)(F)F)c(F)c1. The van der Waals surface area contributed by atoms with Crippen molar-refractivity contribution in [1.82, 2.24) is 4.98 Å². The van der Waals surface area contributed by atoms with Crippen molar-refractivity contribution in [2.24, 2.45) is 0 Å². The number of benzene rings is 1. The summed E-state index contributed by atoms with van der Waals surface area (Å²) in [7, 11) is 0. The number of hydrogen-bond donors (Lipinski definition) is 0. The number of hydrogen-bond acceptors (Lipinski definition) is 2. The van der Waals surface area contributed by atoms with Crippen molar-refractivity contribution in [2.45, 2.75) is 6.18 Å². The van der Waals surface area contributed by atoms with Crippen LogP contribution in [0.2, 0.25) is 0 Å². The van der Waals surface area contributed by atoms with Crippen LogP contribution in [-0.4, -0.2) is 10.8 Å². The average molecular weight is 269 g/mol. The zero-order valence-corrected chi connectivity index (χ0v) is 9.41. The van der Waals surface area contributed by atoms with Gasteiger partial charge in [0.2, 0.25) is 0 Å². The molecule has 19 heavy (non-hydrogen) atoms. The van der Waals surface area contributed by atoms with Gasteiger partial charge in [-0.15, -0.1) is 0 Å². The molecule has 98 valence electrons. The van der Waals surface area contributed by atoms with E-state index in [1.807, 2.05) is 0 Å². The van der Waals surface area contributed by atoms with E-state index in [9.17, 15) is 22.4 Å². The van der Waals surface area contributed by atoms with Gasteiger partial charge in [-0.2, -0.15) is 13.2 Å². The van der Waals surface area contributed by atoms with Gasteiger partial charge < -0.3 is 0 Å². The van der Waals surface area contributed by atoms with Gasteiger partial charge in [-0.1, -0.05) is 6.07 Å². The van der Waals surface area contributed by atoms with Crippen LogP contribution in [0.4, 0.5) is 17.6 Å². The minimum absolute atomic E-state index is 0.154. The Morgan fingerprint density at radius 3 is 2.37 bits per heavy atom. The van der Waals surface area contributed by atoms with Crippen LogP contribution in [-0.2, 0) is 6.18 Å². The highest BCUT2D eigenvalue weighted by atomic mass is 19.4. The van der Waals surface area contributed by atoms with Crippen LogP contribution in [0.25, 0.3) is 0 Å². The first-order chi connectivity index (χ1) is 8.89. The monoisotopic (exact) mass is 269 g/mol. The lowest BCUT2D eigenvalue weighted by molar-refractivity contribution is -0.140. The van der Waals surface area contributed by atoms with Gasteiger partial charge in [-0.05, 0) is 24.3 Å². The van der Waals surface area contributed by atoms with Gasteiger partial charge in [-0.25, -0.2) is 4.39 Å². The van der Waals surface area contributed by atoms with E-state index in [4.69, 9.17) is 0 Å². The molecule has 0 aliphatic heterocycles. The molecular weight excluding hydrogens is 262 g/mol. The molecule has 0 saturated heterocycles. The van der Waals surface area contributed by atoms with Crippen LogP contribution >= 0.6 is 0 Å². The van der Waals surface area contributed by atoms with Crippen molar-refractivity contribution < 1.29 is 22.4 Å². The van der Waals surface area contributed by atoms with Gasteiger partial charge >= 0.3 is 6.18 Å². The van der Waals surface area contributed by atoms with E-state index in [2.05, 4.69) is 4.98 Å². The van der Waals surface area contributed by atoms with Crippen LogP contribution in [0.5, 0.6) is 0 Å². The first kappa shape index (κ1) is 13.2. The molecule has 0 atom stereocenters. The number of carbonyl (C=O) groups excluding carboxylic acids is 1. The van der Waals surface area contributed by atoms with Crippen molar-refractivity contribution in [3.63, 3.8) is 0 Å². The number of carbonyl (C=O) groups is 1. The van der Waals surface area contributed by atoms with E-state index < -0.39 is 23.3 Å². The Kier molecular flexibility index (Phi) is 3.33. The molecule has 0 aliphatic carbocycles. The largest absolute Gasteiger partial charge is 0.419 e. The molecule has 0 unspecified atom stereocenters. The summed E-state index contributed by atoms with van der Waals surface area (Å²) >= 11 is 0. The molecule has 2 rings (SSSR count). The Labute approximate surface area is 105 Å².